The molecule has 1 atom stereocenters. The van der Waals surface area contributed by atoms with Crippen molar-refractivity contribution in [3.05, 3.63) is 76.9 Å². The number of carbonyl (C=O) groups excluding carboxylic acids is 1. The Labute approximate surface area is 202 Å². The van der Waals surface area contributed by atoms with E-state index < -0.39 is 18.0 Å². The van der Waals surface area contributed by atoms with Crippen LogP contribution in [0.2, 0.25) is 5.02 Å². The lowest BCUT2D eigenvalue weighted by molar-refractivity contribution is -0.140. The van der Waals surface area contributed by atoms with Crippen LogP contribution in [0, 0.1) is 0 Å². The first-order valence-electron chi connectivity index (χ1n) is 10.6. The third-order valence-electron chi connectivity index (χ3n) is 4.83. The number of benzene rings is 2. The molecule has 0 saturated heterocycles. The third-order valence-corrected chi connectivity index (χ3v) is 5.16. The van der Waals surface area contributed by atoms with Crippen LogP contribution in [0.3, 0.4) is 0 Å². The van der Waals surface area contributed by atoms with Gasteiger partial charge in [-0.3, -0.25) is 9.59 Å². The van der Waals surface area contributed by atoms with Crippen LogP contribution in [-0.2, 0) is 20.9 Å². The SMILES string of the molecule is CCO[C@@H](CC(=O)O)c1ccc(OCc2ccc(Cl)c(-c3ccc(OCC(N)=O)nc3)c2)cc1. The lowest BCUT2D eigenvalue weighted by atomic mass is 10.0. The molecule has 8 nitrogen and oxygen atoms in total. The van der Waals surface area contributed by atoms with E-state index in [0.717, 1.165) is 22.3 Å². The van der Waals surface area contributed by atoms with Crippen LogP contribution < -0.4 is 15.2 Å². The maximum absolute atomic E-state index is 11.1. The molecule has 0 radical (unpaired) electrons. The molecule has 0 aliphatic carbocycles. The number of aliphatic carboxylic acids is 1. The maximum Gasteiger partial charge on any atom is 0.306 e. The lowest BCUT2D eigenvalue weighted by Gasteiger charge is -2.16. The Morgan fingerprint density at radius 3 is 2.47 bits per heavy atom. The topological polar surface area (TPSA) is 121 Å². The minimum atomic E-state index is -0.916. The summed E-state index contributed by atoms with van der Waals surface area (Å²) < 4.78 is 16.6. The van der Waals surface area contributed by atoms with Gasteiger partial charge in [-0.15, -0.1) is 0 Å². The smallest absolute Gasteiger partial charge is 0.306 e. The Bertz CT molecular complexity index is 1120. The number of hydrogen-bond acceptors (Lipinski definition) is 6. The van der Waals surface area contributed by atoms with E-state index in [-0.39, 0.29) is 18.9 Å². The maximum atomic E-state index is 11.1. The fourth-order valence-electron chi connectivity index (χ4n) is 3.23. The molecular weight excluding hydrogens is 460 g/mol. The molecule has 0 fully saturated rings. The fourth-order valence-corrected chi connectivity index (χ4v) is 3.46. The Morgan fingerprint density at radius 2 is 1.85 bits per heavy atom. The third kappa shape index (κ3) is 7.19. The summed E-state index contributed by atoms with van der Waals surface area (Å²) in [4.78, 5) is 26.1. The molecule has 0 bridgehead atoms. The van der Waals surface area contributed by atoms with Gasteiger partial charge in [-0.1, -0.05) is 29.8 Å². The Morgan fingerprint density at radius 1 is 1.09 bits per heavy atom. The number of rotatable bonds is 12. The van der Waals surface area contributed by atoms with Crippen LogP contribution in [0.25, 0.3) is 11.1 Å². The highest BCUT2D eigenvalue weighted by Gasteiger charge is 2.16. The van der Waals surface area contributed by atoms with E-state index in [1.165, 1.54) is 0 Å². The second-order valence-corrected chi connectivity index (χ2v) is 7.76. The second kappa shape index (κ2) is 12.0. The van der Waals surface area contributed by atoms with Gasteiger partial charge in [0.1, 0.15) is 12.4 Å². The van der Waals surface area contributed by atoms with E-state index in [4.69, 9.17) is 36.7 Å². The number of primary amides is 1. The number of aromatic nitrogens is 1. The molecule has 0 unspecified atom stereocenters. The first-order valence-corrected chi connectivity index (χ1v) is 11.0. The largest absolute Gasteiger partial charge is 0.489 e. The minimum absolute atomic E-state index is 0.102. The van der Waals surface area contributed by atoms with Gasteiger partial charge in [-0.2, -0.15) is 0 Å². The summed E-state index contributed by atoms with van der Waals surface area (Å²) in [6.07, 6.45) is 0.998. The van der Waals surface area contributed by atoms with Gasteiger partial charge in [-0.05, 0) is 48.4 Å². The highest BCUT2D eigenvalue weighted by Crippen LogP contribution is 2.30. The monoisotopic (exact) mass is 484 g/mol. The summed E-state index contributed by atoms with van der Waals surface area (Å²) >= 11 is 6.38. The van der Waals surface area contributed by atoms with Gasteiger partial charge >= 0.3 is 5.97 Å². The van der Waals surface area contributed by atoms with Gasteiger partial charge in [0.2, 0.25) is 5.88 Å². The summed E-state index contributed by atoms with van der Waals surface area (Å²) in [5, 5.41) is 9.63. The Kier molecular flexibility index (Phi) is 8.84. The first kappa shape index (κ1) is 25.0. The molecule has 3 aromatic rings. The van der Waals surface area contributed by atoms with Crippen LogP contribution in [0.1, 0.15) is 30.6 Å². The highest BCUT2D eigenvalue weighted by atomic mass is 35.5. The summed E-state index contributed by atoms with van der Waals surface area (Å²) in [6.45, 7) is 2.32. The first-order chi connectivity index (χ1) is 16.4. The van der Waals surface area contributed by atoms with E-state index >= 15 is 0 Å². The van der Waals surface area contributed by atoms with Crippen LogP contribution in [-0.4, -0.2) is 35.2 Å². The molecule has 1 amide bonds. The van der Waals surface area contributed by atoms with Gasteiger partial charge in [0, 0.05) is 35.0 Å². The van der Waals surface area contributed by atoms with Gasteiger partial charge in [0.05, 0.1) is 12.5 Å². The molecule has 0 aliphatic rings. The molecule has 1 heterocycles. The van der Waals surface area contributed by atoms with E-state index in [1.54, 1.807) is 48.7 Å². The molecule has 0 spiro atoms. The van der Waals surface area contributed by atoms with Crippen molar-refractivity contribution in [3.8, 4) is 22.8 Å². The fraction of sp³-hybridized carbons (Fsp3) is 0.240. The number of halogens is 1. The van der Waals surface area contributed by atoms with E-state index in [2.05, 4.69) is 4.98 Å². The number of pyridine rings is 1. The lowest BCUT2D eigenvalue weighted by Crippen LogP contribution is -2.20. The summed E-state index contributed by atoms with van der Waals surface area (Å²) in [6, 6.07) is 16.2. The quantitative estimate of drug-likeness (QED) is 0.391. The molecule has 9 heteroatoms. The van der Waals surface area contributed by atoms with Crippen molar-refractivity contribution in [1.82, 2.24) is 4.98 Å². The minimum Gasteiger partial charge on any atom is -0.489 e. The number of carboxylic acid groups (broad SMARTS) is 1. The van der Waals surface area contributed by atoms with Crippen molar-refractivity contribution in [2.45, 2.75) is 26.1 Å². The number of carbonyl (C=O) groups is 2. The van der Waals surface area contributed by atoms with Crippen molar-refractivity contribution in [2.75, 3.05) is 13.2 Å². The van der Waals surface area contributed by atoms with Gasteiger partial charge in [0.15, 0.2) is 6.61 Å². The summed E-state index contributed by atoms with van der Waals surface area (Å²) in [7, 11) is 0. The van der Waals surface area contributed by atoms with Crippen molar-refractivity contribution < 1.29 is 28.9 Å². The zero-order chi connectivity index (χ0) is 24.5. The zero-order valence-electron chi connectivity index (χ0n) is 18.6. The molecule has 178 valence electrons. The molecule has 0 aliphatic heterocycles. The number of hydrogen-bond donors (Lipinski definition) is 2. The van der Waals surface area contributed by atoms with Crippen LogP contribution >= 0.6 is 11.6 Å². The van der Waals surface area contributed by atoms with Crippen LogP contribution in [0.4, 0.5) is 0 Å². The summed E-state index contributed by atoms with van der Waals surface area (Å²) in [5.74, 6) is -0.564. The molecule has 34 heavy (non-hydrogen) atoms. The van der Waals surface area contributed by atoms with Crippen molar-refractivity contribution in [3.63, 3.8) is 0 Å². The number of amides is 1. The molecule has 1 aromatic heterocycles. The van der Waals surface area contributed by atoms with E-state index in [9.17, 15) is 9.59 Å². The Balaban J connectivity index is 1.66. The van der Waals surface area contributed by atoms with Crippen molar-refractivity contribution >= 4 is 23.5 Å². The van der Waals surface area contributed by atoms with Crippen molar-refractivity contribution in [1.29, 1.82) is 0 Å². The molecular formula is C25H25ClN2O6. The van der Waals surface area contributed by atoms with Gasteiger partial charge < -0.3 is 25.1 Å². The number of ether oxygens (including phenoxy) is 3. The number of nitrogens with zero attached hydrogens (tertiary/aromatic N) is 1. The number of carboxylic acids is 1. The van der Waals surface area contributed by atoms with Crippen molar-refractivity contribution in [2.24, 2.45) is 5.73 Å². The Hall–Kier alpha value is -3.62. The average Bonchev–Trinajstić information content (AvgIpc) is 2.82. The molecule has 3 rings (SSSR count). The average molecular weight is 485 g/mol. The summed E-state index contributed by atoms with van der Waals surface area (Å²) in [5.41, 5.74) is 8.31. The normalized spacial score (nSPS) is 11.6. The van der Waals surface area contributed by atoms with Gasteiger partial charge in [0.25, 0.3) is 5.91 Å². The van der Waals surface area contributed by atoms with E-state index in [1.807, 2.05) is 19.1 Å². The zero-order valence-corrected chi connectivity index (χ0v) is 19.3. The predicted octanol–water partition coefficient (Wildman–Crippen LogP) is 4.40. The second-order valence-electron chi connectivity index (χ2n) is 7.35. The molecule has 0 saturated carbocycles. The highest BCUT2D eigenvalue weighted by molar-refractivity contribution is 6.33. The van der Waals surface area contributed by atoms with Crippen LogP contribution in [0.5, 0.6) is 11.6 Å². The standard InChI is InChI=1S/C25H25ClN2O6/c1-2-32-22(12-25(30)31)17-4-7-19(8-5-17)33-14-16-3-9-21(26)20(11-16)18-6-10-24(28-13-18)34-15-23(27)29/h3-11,13,22H,2,12,14-15H2,1H3,(H2,27,29)(H,30,31)/t22-/m0/s1. The van der Waals surface area contributed by atoms with E-state index in [0.29, 0.717) is 24.0 Å². The van der Waals surface area contributed by atoms with Crippen LogP contribution in [0.15, 0.2) is 60.8 Å². The number of nitrogens with two attached hydrogens (primary N) is 1. The molecule has 2 aromatic carbocycles. The molecule has 3 N–H and O–H groups in total. The predicted molar refractivity (Wildman–Crippen MR) is 127 cm³/mol. The van der Waals surface area contributed by atoms with Gasteiger partial charge in [-0.25, -0.2) is 4.98 Å².